The highest BCUT2D eigenvalue weighted by atomic mass is 79.9. The zero-order chi connectivity index (χ0) is 14.0. The van der Waals surface area contributed by atoms with Crippen LogP contribution in [0.4, 0.5) is 16.0 Å². The van der Waals surface area contributed by atoms with Gasteiger partial charge in [0.15, 0.2) is 0 Å². The Kier molecular flexibility index (Phi) is 4.24. The van der Waals surface area contributed by atoms with Crippen molar-refractivity contribution < 1.29 is 4.39 Å². The molecular formula is C14H17BrFN3. The van der Waals surface area contributed by atoms with Gasteiger partial charge in [-0.1, -0.05) is 29.8 Å². The average molecular weight is 326 g/mol. The molecule has 2 rings (SSSR count). The van der Waals surface area contributed by atoms with E-state index in [4.69, 9.17) is 0 Å². The van der Waals surface area contributed by atoms with Gasteiger partial charge >= 0.3 is 0 Å². The monoisotopic (exact) mass is 325 g/mol. The Balaban J connectivity index is 2.29. The lowest BCUT2D eigenvalue weighted by atomic mass is 10.2. The lowest BCUT2D eigenvalue weighted by Crippen LogP contribution is -2.08. The summed E-state index contributed by atoms with van der Waals surface area (Å²) in [7, 11) is 0. The van der Waals surface area contributed by atoms with Crippen LogP contribution in [-0.2, 0) is 6.54 Å². The van der Waals surface area contributed by atoms with E-state index in [-0.39, 0.29) is 5.82 Å². The van der Waals surface area contributed by atoms with Crippen LogP contribution in [0.2, 0.25) is 0 Å². The third-order valence-corrected chi connectivity index (χ3v) is 3.13. The number of aromatic nitrogens is 2. The standard InChI is InChI=1S/C14H17BrFN3/c1-9(2)7-19-8-10(3)17-14(19)18-13-6-11(15)4-5-12(13)16/h4-6,8-9H,7H2,1-3H3,(H,17,18). The highest BCUT2D eigenvalue weighted by molar-refractivity contribution is 9.10. The van der Waals surface area contributed by atoms with E-state index in [9.17, 15) is 4.39 Å². The number of anilines is 2. The van der Waals surface area contributed by atoms with Gasteiger partial charge in [-0.2, -0.15) is 0 Å². The molecule has 2 aromatic rings. The fourth-order valence-electron chi connectivity index (χ4n) is 1.89. The lowest BCUT2D eigenvalue weighted by Gasteiger charge is -2.12. The van der Waals surface area contributed by atoms with Crippen LogP contribution < -0.4 is 5.32 Å². The number of nitrogens with one attached hydrogen (secondary N) is 1. The molecule has 3 nitrogen and oxygen atoms in total. The molecule has 0 fully saturated rings. The molecule has 0 unspecified atom stereocenters. The Morgan fingerprint density at radius 3 is 2.84 bits per heavy atom. The molecule has 1 heterocycles. The topological polar surface area (TPSA) is 29.9 Å². The number of aryl methyl sites for hydroxylation is 1. The van der Waals surface area contributed by atoms with Gasteiger partial charge in [-0.25, -0.2) is 9.37 Å². The number of benzene rings is 1. The highest BCUT2D eigenvalue weighted by Crippen LogP contribution is 2.24. The van der Waals surface area contributed by atoms with Gasteiger partial charge in [-0.3, -0.25) is 0 Å². The molecule has 1 aromatic heterocycles. The number of halogens is 2. The minimum atomic E-state index is -0.292. The van der Waals surface area contributed by atoms with Crippen molar-refractivity contribution in [2.45, 2.75) is 27.3 Å². The third kappa shape index (κ3) is 3.56. The van der Waals surface area contributed by atoms with Crippen LogP contribution in [0.1, 0.15) is 19.5 Å². The maximum Gasteiger partial charge on any atom is 0.207 e. The van der Waals surface area contributed by atoms with Gasteiger partial charge in [-0.15, -0.1) is 0 Å². The van der Waals surface area contributed by atoms with Crippen molar-refractivity contribution in [3.8, 4) is 0 Å². The Morgan fingerprint density at radius 1 is 1.42 bits per heavy atom. The molecule has 1 N–H and O–H groups in total. The second kappa shape index (κ2) is 5.74. The summed E-state index contributed by atoms with van der Waals surface area (Å²) in [5, 5.41) is 3.05. The van der Waals surface area contributed by atoms with Crippen LogP contribution in [0.15, 0.2) is 28.9 Å². The Bertz CT molecular complexity index is 578. The maximum absolute atomic E-state index is 13.7. The third-order valence-electron chi connectivity index (χ3n) is 2.63. The molecule has 0 amide bonds. The SMILES string of the molecule is Cc1cn(CC(C)C)c(Nc2cc(Br)ccc2F)n1. The van der Waals surface area contributed by atoms with Crippen LogP contribution in [0, 0.1) is 18.7 Å². The van der Waals surface area contributed by atoms with E-state index >= 15 is 0 Å². The molecule has 0 atom stereocenters. The molecule has 0 aliphatic rings. The first-order valence-electron chi connectivity index (χ1n) is 6.21. The molecule has 19 heavy (non-hydrogen) atoms. The van der Waals surface area contributed by atoms with Gasteiger partial charge in [0.25, 0.3) is 0 Å². The number of nitrogens with zero attached hydrogens (tertiary/aromatic N) is 2. The van der Waals surface area contributed by atoms with Crippen LogP contribution in [0.3, 0.4) is 0 Å². The molecule has 0 spiro atoms. The van der Waals surface area contributed by atoms with Gasteiger partial charge in [0, 0.05) is 17.2 Å². The van der Waals surface area contributed by atoms with Crippen LogP contribution in [0.5, 0.6) is 0 Å². The van der Waals surface area contributed by atoms with Crippen molar-refractivity contribution >= 4 is 27.6 Å². The van der Waals surface area contributed by atoms with Crippen molar-refractivity contribution in [3.05, 3.63) is 40.4 Å². The second-order valence-corrected chi connectivity index (χ2v) is 5.92. The predicted octanol–water partition coefficient (Wildman–Crippen LogP) is 4.49. The molecule has 0 saturated heterocycles. The van der Waals surface area contributed by atoms with Gasteiger partial charge in [0.1, 0.15) is 5.82 Å². The zero-order valence-corrected chi connectivity index (χ0v) is 12.8. The molecule has 102 valence electrons. The zero-order valence-electron chi connectivity index (χ0n) is 11.2. The summed E-state index contributed by atoms with van der Waals surface area (Å²) in [6.07, 6.45) is 1.97. The fraction of sp³-hybridized carbons (Fsp3) is 0.357. The van der Waals surface area contributed by atoms with Crippen molar-refractivity contribution in [2.75, 3.05) is 5.32 Å². The first-order chi connectivity index (χ1) is 8.95. The normalized spacial score (nSPS) is 11.1. The summed E-state index contributed by atoms with van der Waals surface area (Å²) in [5.41, 5.74) is 1.34. The van der Waals surface area contributed by atoms with Crippen molar-refractivity contribution in [1.82, 2.24) is 9.55 Å². The van der Waals surface area contributed by atoms with Crippen molar-refractivity contribution in [2.24, 2.45) is 5.92 Å². The number of rotatable bonds is 4. The summed E-state index contributed by atoms with van der Waals surface area (Å²) in [5.74, 6) is 0.879. The molecule has 5 heteroatoms. The van der Waals surface area contributed by atoms with Crippen molar-refractivity contribution in [1.29, 1.82) is 0 Å². The minimum absolute atomic E-state index is 0.292. The smallest absolute Gasteiger partial charge is 0.207 e. The lowest BCUT2D eigenvalue weighted by molar-refractivity contribution is 0.527. The quantitative estimate of drug-likeness (QED) is 0.897. The molecule has 0 aliphatic heterocycles. The van der Waals surface area contributed by atoms with Gasteiger partial charge in [-0.05, 0) is 31.0 Å². The van der Waals surface area contributed by atoms with Crippen LogP contribution >= 0.6 is 15.9 Å². The molecule has 0 bridgehead atoms. The summed E-state index contributed by atoms with van der Waals surface area (Å²) in [6, 6.07) is 4.81. The highest BCUT2D eigenvalue weighted by Gasteiger charge is 2.10. The van der Waals surface area contributed by atoms with Crippen LogP contribution in [0.25, 0.3) is 0 Å². The number of imidazole rings is 1. The number of hydrogen-bond acceptors (Lipinski definition) is 2. The molecular weight excluding hydrogens is 309 g/mol. The maximum atomic E-state index is 13.7. The first-order valence-corrected chi connectivity index (χ1v) is 7.01. The molecule has 0 saturated carbocycles. The minimum Gasteiger partial charge on any atom is -0.323 e. The first kappa shape index (κ1) is 14.1. The van der Waals surface area contributed by atoms with E-state index in [2.05, 4.69) is 40.1 Å². The molecule has 0 aliphatic carbocycles. The van der Waals surface area contributed by atoms with Crippen LogP contribution in [-0.4, -0.2) is 9.55 Å². The van der Waals surface area contributed by atoms with E-state index in [1.54, 1.807) is 12.1 Å². The van der Waals surface area contributed by atoms with E-state index in [0.29, 0.717) is 17.6 Å². The van der Waals surface area contributed by atoms with Gasteiger partial charge < -0.3 is 9.88 Å². The molecule has 0 radical (unpaired) electrons. The summed E-state index contributed by atoms with van der Waals surface area (Å²) in [4.78, 5) is 4.40. The number of hydrogen-bond donors (Lipinski definition) is 1. The van der Waals surface area contributed by atoms with E-state index < -0.39 is 0 Å². The average Bonchev–Trinajstić information content (AvgIpc) is 2.63. The van der Waals surface area contributed by atoms with E-state index in [0.717, 1.165) is 16.7 Å². The Labute approximate surface area is 121 Å². The summed E-state index contributed by atoms with van der Waals surface area (Å²) < 4.78 is 16.6. The van der Waals surface area contributed by atoms with E-state index in [1.807, 2.05) is 17.7 Å². The Hall–Kier alpha value is -1.36. The molecule has 1 aromatic carbocycles. The summed E-state index contributed by atoms with van der Waals surface area (Å²) in [6.45, 7) is 7.05. The predicted molar refractivity (Wildman–Crippen MR) is 79.2 cm³/mol. The van der Waals surface area contributed by atoms with Gasteiger partial charge in [0.2, 0.25) is 5.95 Å². The second-order valence-electron chi connectivity index (χ2n) is 5.00. The largest absolute Gasteiger partial charge is 0.323 e. The van der Waals surface area contributed by atoms with Crippen molar-refractivity contribution in [3.63, 3.8) is 0 Å². The summed E-state index contributed by atoms with van der Waals surface area (Å²) >= 11 is 3.34. The van der Waals surface area contributed by atoms with Gasteiger partial charge in [0.05, 0.1) is 11.4 Å². The Morgan fingerprint density at radius 2 is 2.16 bits per heavy atom. The van der Waals surface area contributed by atoms with E-state index in [1.165, 1.54) is 6.07 Å². The fourth-order valence-corrected chi connectivity index (χ4v) is 2.25.